The number of benzene rings is 1. The van der Waals surface area contributed by atoms with Crippen LogP contribution in [0.3, 0.4) is 0 Å². The van der Waals surface area contributed by atoms with Gasteiger partial charge in [0.15, 0.2) is 0 Å². The van der Waals surface area contributed by atoms with E-state index in [4.69, 9.17) is 16.3 Å². The van der Waals surface area contributed by atoms with E-state index in [2.05, 4.69) is 24.1 Å². The Balaban J connectivity index is 2.09. The van der Waals surface area contributed by atoms with Crippen molar-refractivity contribution in [1.29, 1.82) is 0 Å². The Hall–Kier alpha value is -1.58. The van der Waals surface area contributed by atoms with Crippen LogP contribution in [0.1, 0.15) is 25.0 Å². The average Bonchev–Trinajstić information content (AvgIpc) is 2.39. The standard InChI is InChI=1S/C16H19ClN2O/c1-11(2)18-9-13-8-15(17)16(19-10-13)20-14-6-4-5-12(3)7-14/h4-8,10-11,18H,9H2,1-3H3. The summed E-state index contributed by atoms with van der Waals surface area (Å²) in [5.41, 5.74) is 2.18. The monoisotopic (exact) mass is 290 g/mol. The van der Waals surface area contributed by atoms with Crippen molar-refractivity contribution >= 4 is 11.6 Å². The number of rotatable bonds is 5. The van der Waals surface area contributed by atoms with Crippen molar-refractivity contribution < 1.29 is 4.74 Å². The number of aromatic nitrogens is 1. The van der Waals surface area contributed by atoms with E-state index in [1.165, 1.54) is 0 Å². The molecule has 0 fully saturated rings. The fraction of sp³-hybridized carbons (Fsp3) is 0.312. The first-order valence-electron chi connectivity index (χ1n) is 6.67. The van der Waals surface area contributed by atoms with Gasteiger partial charge in [-0.25, -0.2) is 4.98 Å². The third kappa shape index (κ3) is 4.22. The fourth-order valence-electron chi connectivity index (χ4n) is 1.75. The van der Waals surface area contributed by atoms with E-state index in [9.17, 15) is 0 Å². The smallest absolute Gasteiger partial charge is 0.238 e. The molecule has 0 spiro atoms. The molecule has 0 bridgehead atoms. The Morgan fingerprint density at radius 1 is 1.30 bits per heavy atom. The Labute approximate surface area is 124 Å². The molecule has 0 radical (unpaired) electrons. The summed E-state index contributed by atoms with van der Waals surface area (Å²) >= 11 is 6.22. The zero-order chi connectivity index (χ0) is 14.5. The maximum absolute atomic E-state index is 6.22. The fourth-order valence-corrected chi connectivity index (χ4v) is 1.98. The summed E-state index contributed by atoms with van der Waals surface area (Å²) in [6.07, 6.45) is 1.78. The van der Waals surface area contributed by atoms with Gasteiger partial charge >= 0.3 is 0 Å². The molecule has 0 aliphatic carbocycles. The van der Waals surface area contributed by atoms with Crippen LogP contribution in [0.5, 0.6) is 11.6 Å². The maximum atomic E-state index is 6.22. The summed E-state index contributed by atoms with van der Waals surface area (Å²) in [4.78, 5) is 4.29. The highest BCUT2D eigenvalue weighted by Crippen LogP contribution is 2.28. The molecule has 1 aromatic carbocycles. The molecule has 0 atom stereocenters. The Bertz CT molecular complexity index is 584. The quantitative estimate of drug-likeness (QED) is 0.890. The lowest BCUT2D eigenvalue weighted by molar-refractivity contribution is 0.462. The van der Waals surface area contributed by atoms with E-state index >= 15 is 0 Å². The van der Waals surface area contributed by atoms with Gasteiger partial charge in [-0.3, -0.25) is 0 Å². The number of hydrogen-bond acceptors (Lipinski definition) is 3. The van der Waals surface area contributed by atoms with Gasteiger partial charge in [0.25, 0.3) is 0 Å². The first-order chi connectivity index (χ1) is 9.54. The third-order valence-corrected chi connectivity index (χ3v) is 3.05. The number of nitrogens with zero attached hydrogens (tertiary/aromatic N) is 1. The molecule has 4 heteroatoms. The van der Waals surface area contributed by atoms with Crippen molar-refractivity contribution in [1.82, 2.24) is 10.3 Å². The highest BCUT2D eigenvalue weighted by atomic mass is 35.5. The largest absolute Gasteiger partial charge is 0.438 e. The van der Waals surface area contributed by atoms with Crippen molar-refractivity contribution in [3.63, 3.8) is 0 Å². The summed E-state index contributed by atoms with van der Waals surface area (Å²) < 4.78 is 5.71. The lowest BCUT2D eigenvalue weighted by Crippen LogP contribution is -2.21. The molecule has 0 saturated heterocycles. The SMILES string of the molecule is Cc1cccc(Oc2ncc(CNC(C)C)cc2Cl)c1. The second-order valence-electron chi connectivity index (χ2n) is 5.08. The molecule has 1 heterocycles. The predicted octanol–water partition coefficient (Wildman–Crippen LogP) is 4.33. The predicted molar refractivity (Wildman–Crippen MR) is 82.5 cm³/mol. The molecular formula is C16H19ClN2O. The van der Waals surface area contributed by atoms with Gasteiger partial charge in [0.05, 0.1) is 0 Å². The maximum Gasteiger partial charge on any atom is 0.238 e. The lowest BCUT2D eigenvalue weighted by atomic mass is 10.2. The van der Waals surface area contributed by atoms with Gasteiger partial charge in [-0.15, -0.1) is 0 Å². The Morgan fingerprint density at radius 2 is 2.10 bits per heavy atom. The molecule has 2 aromatic rings. The second kappa shape index (κ2) is 6.73. The zero-order valence-electron chi connectivity index (χ0n) is 12.0. The van der Waals surface area contributed by atoms with Gasteiger partial charge in [-0.2, -0.15) is 0 Å². The third-order valence-electron chi connectivity index (χ3n) is 2.78. The van der Waals surface area contributed by atoms with E-state index in [1.807, 2.05) is 37.3 Å². The summed E-state index contributed by atoms with van der Waals surface area (Å²) in [6.45, 7) is 6.96. The van der Waals surface area contributed by atoms with Crippen LogP contribution in [0, 0.1) is 6.92 Å². The zero-order valence-corrected chi connectivity index (χ0v) is 12.7. The molecule has 0 aliphatic heterocycles. The highest BCUT2D eigenvalue weighted by molar-refractivity contribution is 6.31. The van der Waals surface area contributed by atoms with Gasteiger partial charge < -0.3 is 10.1 Å². The molecule has 1 aromatic heterocycles. The van der Waals surface area contributed by atoms with Gasteiger partial charge in [-0.1, -0.05) is 37.6 Å². The van der Waals surface area contributed by atoms with E-state index in [0.29, 0.717) is 16.9 Å². The summed E-state index contributed by atoms with van der Waals surface area (Å²) in [5, 5.41) is 3.85. The molecule has 2 rings (SSSR count). The minimum Gasteiger partial charge on any atom is -0.438 e. The number of nitrogens with one attached hydrogen (secondary N) is 1. The molecule has 1 N–H and O–H groups in total. The topological polar surface area (TPSA) is 34.1 Å². The van der Waals surface area contributed by atoms with E-state index in [-0.39, 0.29) is 0 Å². The van der Waals surface area contributed by atoms with Crippen molar-refractivity contribution in [2.24, 2.45) is 0 Å². The van der Waals surface area contributed by atoms with Crippen molar-refractivity contribution in [2.45, 2.75) is 33.4 Å². The van der Waals surface area contributed by atoms with Gasteiger partial charge in [-0.05, 0) is 36.2 Å². The average molecular weight is 291 g/mol. The Morgan fingerprint density at radius 3 is 2.75 bits per heavy atom. The van der Waals surface area contributed by atoms with Crippen molar-refractivity contribution in [3.8, 4) is 11.6 Å². The van der Waals surface area contributed by atoms with Crippen molar-refractivity contribution in [2.75, 3.05) is 0 Å². The minimum atomic E-state index is 0.428. The first-order valence-corrected chi connectivity index (χ1v) is 7.04. The van der Waals surface area contributed by atoms with Crippen LogP contribution < -0.4 is 10.1 Å². The number of halogens is 1. The van der Waals surface area contributed by atoms with E-state index in [0.717, 1.165) is 23.4 Å². The molecule has 3 nitrogen and oxygen atoms in total. The number of pyridine rings is 1. The van der Waals surface area contributed by atoms with Gasteiger partial charge in [0.2, 0.25) is 5.88 Å². The molecule has 0 saturated carbocycles. The van der Waals surface area contributed by atoms with Crippen LogP contribution in [-0.2, 0) is 6.54 Å². The number of ether oxygens (including phenoxy) is 1. The van der Waals surface area contributed by atoms with Crippen LogP contribution in [0.4, 0.5) is 0 Å². The number of aryl methyl sites for hydroxylation is 1. The van der Waals surface area contributed by atoms with Crippen LogP contribution in [-0.4, -0.2) is 11.0 Å². The minimum absolute atomic E-state index is 0.428. The molecule has 0 amide bonds. The molecule has 20 heavy (non-hydrogen) atoms. The lowest BCUT2D eigenvalue weighted by Gasteiger charge is -2.10. The molecule has 0 aliphatic rings. The summed E-state index contributed by atoms with van der Waals surface area (Å²) in [5.74, 6) is 1.18. The van der Waals surface area contributed by atoms with Crippen LogP contribution in [0.2, 0.25) is 5.02 Å². The molecular weight excluding hydrogens is 272 g/mol. The Kier molecular flexibility index (Phi) is 4.99. The molecule has 106 valence electrons. The van der Waals surface area contributed by atoms with Crippen LogP contribution in [0.15, 0.2) is 36.5 Å². The van der Waals surface area contributed by atoms with Crippen LogP contribution >= 0.6 is 11.6 Å². The van der Waals surface area contributed by atoms with Crippen molar-refractivity contribution in [3.05, 3.63) is 52.7 Å². The summed E-state index contributed by atoms with van der Waals surface area (Å²) in [6, 6.07) is 10.1. The second-order valence-corrected chi connectivity index (χ2v) is 5.49. The normalized spacial score (nSPS) is 10.8. The van der Waals surface area contributed by atoms with Gasteiger partial charge in [0, 0.05) is 18.8 Å². The van der Waals surface area contributed by atoms with E-state index in [1.54, 1.807) is 6.20 Å². The van der Waals surface area contributed by atoms with E-state index < -0.39 is 0 Å². The summed E-state index contributed by atoms with van der Waals surface area (Å²) in [7, 11) is 0. The molecule has 0 unspecified atom stereocenters. The van der Waals surface area contributed by atoms with Crippen LogP contribution in [0.25, 0.3) is 0 Å². The highest BCUT2D eigenvalue weighted by Gasteiger charge is 2.07. The first kappa shape index (κ1) is 14.8. The number of hydrogen-bond donors (Lipinski definition) is 1. The van der Waals surface area contributed by atoms with Gasteiger partial charge in [0.1, 0.15) is 10.8 Å².